The average Bonchev–Trinajstić information content (AvgIpc) is 2.82. The molecule has 5 nitrogen and oxygen atoms in total. The van der Waals surface area contributed by atoms with Gasteiger partial charge in [0.05, 0.1) is 12.0 Å². The lowest BCUT2D eigenvalue weighted by Gasteiger charge is -2.24. The number of carbonyl (C=O) groups is 1. The van der Waals surface area contributed by atoms with E-state index in [9.17, 15) is 4.79 Å². The van der Waals surface area contributed by atoms with Gasteiger partial charge in [0.25, 0.3) is 0 Å². The Morgan fingerprint density at radius 1 is 1.35 bits per heavy atom. The molecule has 5 heteroatoms. The van der Waals surface area contributed by atoms with Gasteiger partial charge in [-0.1, -0.05) is 17.3 Å². The average molecular weight is 273 g/mol. The van der Waals surface area contributed by atoms with Gasteiger partial charge in [-0.05, 0) is 38.5 Å². The lowest BCUT2D eigenvalue weighted by atomic mass is 9.83. The quantitative estimate of drug-likeness (QED) is 0.836. The van der Waals surface area contributed by atoms with Gasteiger partial charge < -0.3 is 15.6 Å². The molecule has 0 unspecified atom stereocenters. The number of benzene rings is 1. The van der Waals surface area contributed by atoms with E-state index in [0.29, 0.717) is 17.9 Å². The summed E-state index contributed by atoms with van der Waals surface area (Å²) in [6, 6.07) is 9.14. The largest absolute Gasteiger partial charge is 0.399 e. The van der Waals surface area contributed by atoms with Crippen LogP contribution in [0.15, 0.2) is 34.9 Å². The SMILES string of the molecule is Cc1cc(CNC(=O)C(C)(C)c2ccc(N)cc2)no1. The number of nitrogen functional groups attached to an aromatic ring is 1. The molecule has 1 amide bonds. The second-order valence-corrected chi connectivity index (χ2v) is 5.36. The molecule has 0 saturated heterocycles. The van der Waals surface area contributed by atoms with Gasteiger partial charge in [-0.15, -0.1) is 0 Å². The molecule has 0 aliphatic carbocycles. The number of rotatable bonds is 4. The van der Waals surface area contributed by atoms with Gasteiger partial charge in [-0.25, -0.2) is 0 Å². The van der Waals surface area contributed by atoms with Crippen LogP contribution in [0.3, 0.4) is 0 Å². The normalized spacial score (nSPS) is 11.3. The van der Waals surface area contributed by atoms with E-state index in [1.54, 1.807) is 18.2 Å². The molecule has 106 valence electrons. The van der Waals surface area contributed by atoms with Crippen molar-refractivity contribution in [3.05, 3.63) is 47.3 Å². The minimum Gasteiger partial charge on any atom is -0.399 e. The zero-order valence-electron chi connectivity index (χ0n) is 11.9. The van der Waals surface area contributed by atoms with E-state index in [1.807, 2.05) is 32.9 Å². The topological polar surface area (TPSA) is 81.2 Å². The van der Waals surface area contributed by atoms with E-state index < -0.39 is 5.41 Å². The summed E-state index contributed by atoms with van der Waals surface area (Å²) in [6.45, 7) is 5.93. The minimum atomic E-state index is -0.632. The summed E-state index contributed by atoms with van der Waals surface area (Å²) in [5, 5.41) is 6.72. The van der Waals surface area contributed by atoms with Gasteiger partial charge in [0.1, 0.15) is 11.5 Å². The summed E-state index contributed by atoms with van der Waals surface area (Å²) in [4.78, 5) is 12.3. The third-order valence-electron chi connectivity index (χ3n) is 3.31. The van der Waals surface area contributed by atoms with Crippen LogP contribution >= 0.6 is 0 Å². The Morgan fingerprint density at radius 3 is 2.55 bits per heavy atom. The van der Waals surface area contributed by atoms with Crippen molar-refractivity contribution < 1.29 is 9.32 Å². The first-order valence-electron chi connectivity index (χ1n) is 6.46. The molecule has 0 atom stereocenters. The first-order chi connectivity index (χ1) is 9.39. The zero-order valence-corrected chi connectivity index (χ0v) is 11.9. The summed E-state index contributed by atoms with van der Waals surface area (Å²) in [7, 11) is 0. The number of nitrogens with one attached hydrogen (secondary N) is 1. The van der Waals surface area contributed by atoms with Gasteiger partial charge in [0, 0.05) is 11.8 Å². The van der Waals surface area contributed by atoms with Crippen LogP contribution in [-0.2, 0) is 16.8 Å². The molecule has 1 aromatic carbocycles. The van der Waals surface area contributed by atoms with Crippen LogP contribution in [0.1, 0.15) is 30.9 Å². The highest BCUT2D eigenvalue weighted by molar-refractivity contribution is 5.87. The number of aromatic nitrogens is 1. The lowest BCUT2D eigenvalue weighted by molar-refractivity contribution is -0.125. The molecule has 0 fully saturated rings. The summed E-state index contributed by atoms with van der Waals surface area (Å²) < 4.78 is 4.97. The first-order valence-corrected chi connectivity index (χ1v) is 6.46. The van der Waals surface area contributed by atoms with Crippen molar-refractivity contribution in [3.63, 3.8) is 0 Å². The highest BCUT2D eigenvalue weighted by Crippen LogP contribution is 2.24. The molecule has 0 bridgehead atoms. The van der Waals surface area contributed by atoms with E-state index in [1.165, 1.54) is 0 Å². The van der Waals surface area contributed by atoms with E-state index in [-0.39, 0.29) is 5.91 Å². The van der Waals surface area contributed by atoms with Crippen LogP contribution in [0.5, 0.6) is 0 Å². The molecule has 2 aromatic rings. The molecular weight excluding hydrogens is 254 g/mol. The van der Waals surface area contributed by atoms with Gasteiger partial charge in [-0.2, -0.15) is 0 Å². The number of hydrogen-bond donors (Lipinski definition) is 2. The van der Waals surface area contributed by atoms with E-state index in [0.717, 1.165) is 11.3 Å². The van der Waals surface area contributed by atoms with Crippen LogP contribution in [0.2, 0.25) is 0 Å². The van der Waals surface area contributed by atoms with Crippen LogP contribution in [0.4, 0.5) is 5.69 Å². The maximum atomic E-state index is 12.3. The molecule has 2 rings (SSSR count). The number of anilines is 1. The molecule has 0 aliphatic rings. The van der Waals surface area contributed by atoms with Crippen LogP contribution in [0.25, 0.3) is 0 Å². The second kappa shape index (κ2) is 5.36. The highest BCUT2D eigenvalue weighted by Gasteiger charge is 2.29. The predicted molar refractivity (Wildman–Crippen MR) is 77.0 cm³/mol. The Morgan fingerprint density at radius 2 is 2.00 bits per heavy atom. The fourth-order valence-corrected chi connectivity index (χ4v) is 1.92. The van der Waals surface area contributed by atoms with E-state index >= 15 is 0 Å². The summed E-state index contributed by atoms with van der Waals surface area (Å²) in [5.74, 6) is 0.662. The lowest BCUT2D eigenvalue weighted by Crippen LogP contribution is -2.39. The molecule has 0 spiro atoms. The third kappa shape index (κ3) is 2.99. The van der Waals surface area contributed by atoms with Crippen molar-refractivity contribution in [3.8, 4) is 0 Å². The highest BCUT2D eigenvalue weighted by atomic mass is 16.5. The summed E-state index contributed by atoms with van der Waals surface area (Å²) in [6.07, 6.45) is 0. The number of carbonyl (C=O) groups excluding carboxylic acids is 1. The number of nitrogens with zero attached hydrogens (tertiary/aromatic N) is 1. The van der Waals surface area contributed by atoms with Crippen molar-refractivity contribution in [2.75, 3.05) is 5.73 Å². The number of amides is 1. The van der Waals surface area contributed by atoms with Crippen molar-refractivity contribution in [1.82, 2.24) is 10.5 Å². The zero-order chi connectivity index (χ0) is 14.8. The van der Waals surface area contributed by atoms with Crippen molar-refractivity contribution >= 4 is 11.6 Å². The molecule has 0 saturated carbocycles. The number of aryl methyl sites for hydroxylation is 1. The minimum absolute atomic E-state index is 0.0667. The van der Waals surface area contributed by atoms with Crippen LogP contribution in [-0.4, -0.2) is 11.1 Å². The van der Waals surface area contributed by atoms with Gasteiger partial charge >= 0.3 is 0 Å². The molecule has 20 heavy (non-hydrogen) atoms. The second-order valence-electron chi connectivity index (χ2n) is 5.36. The van der Waals surface area contributed by atoms with Gasteiger partial charge in [-0.3, -0.25) is 4.79 Å². The number of nitrogens with two attached hydrogens (primary N) is 1. The Balaban J connectivity index is 2.05. The van der Waals surface area contributed by atoms with Crippen molar-refractivity contribution in [2.24, 2.45) is 0 Å². The molecule has 3 N–H and O–H groups in total. The summed E-state index contributed by atoms with van der Waals surface area (Å²) in [5.41, 5.74) is 7.34. The van der Waals surface area contributed by atoms with E-state index in [4.69, 9.17) is 10.3 Å². The van der Waals surface area contributed by atoms with Crippen LogP contribution in [0, 0.1) is 6.92 Å². The van der Waals surface area contributed by atoms with Gasteiger partial charge in [0.15, 0.2) is 0 Å². The standard InChI is InChI=1S/C15H19N3O2/c1-10-8-13(18-20-10)9-17-14(19)15(2,3)11-4-6-12(16)7-5-11/h4-8H,9,16H2,1-3H3,(H,17,19). The maximum Gasteiger partial charge on any atom is 0.230 e. The Hall–Kier alpha value is -2.30. The smallest absolute Gasteiger partial charge is 0.230 e. The predicted octanol–water partition coefficient (Wildman–Crippen LogP) is 2.16. The fourth-order valence-electron chi connectivity index (χ4n) is 1.92. The maximum absolute atomic E-state index is 12.3. The summed E-state index contributed by atoms with van der Waals surface area (Å²) >= 11 is 0. The molecule has 1 heterocycles. The first kappa shape index (κ1) is 14.1. The molecule has 0 radical (unpaired) electrons. The molecule has 0 aliphatic heterocycles. The molecule has 1 aromatic heterocycles. The van der Waals surface area contributed by atoms with Crippen LogP contribution < -0.4 is 11.1 Å². The van der Waals surface area contributed by atoms with Crippen molar-refractivity contribution in [1.29, 1.82) is 0 Å². The molecular formula is C15H19N3O2. The Labute approximate surface area is 118 Å². The van der Waals surface area contributed by atoms with E-state index in [2.05, 4.69) is 10.5 Å². The monoisotopic (exact) mass is 273 g/mol. The van der Waals surface area contributed by atoms with Gasteiger partial charge in [0.2, 0.25) is 5.91 Å². The number of hydrogen-bond acceptors (Lipinski definition) is 4. The fraction of sp³-hybridized carbons (Fsp3) is 0.333. The Kier molecular flexibility index (Phi) is 3.79. The Bertz CT molecular complexity index is 600. The third-order valence-corrected chi connectivity index (χ3v) is 3.31. The van der Waals surface area contributed by atoms with Crippen molar-refractivity contribution in [2.45, 2.75) is 32.7 Å².